The highest BCUT2D eigenvalue weighted by Crippen LogP contribution is 2.20. The minimum absolute atomic E-state index is 0.341. The molecule has 0 saturated carbocycles. The number of hydrogen-bond donors (Lipinski definition) is 1. The summed E-state index contributed by atoms with van der Waals surface area (Å²) >= 11 is 0. The van der Waals surface area contributed by atoms with Crippen LogP contribution in [0.1, 0.15) is 53.9 Å². The van der Waals surface area contributed by atoms with E-state index in [0.29, 0.717) is 13.2 Å². The third-order valence-electron chi connectivity index (χ3n) is 2.54. The predicted octanol–water partition coefficient (Wildman–Crippen LogP) is 2.88. The van der Waals surface area contributed by atoms with Gasteiger partial charge in [-0.05, 0) is 18.3 Å². The Bertz CT molecular complexity index is 284. The van der Waals surface area contributed by atoms with E-state index in [0.717, 1.165) is 19.3 Å². The maximum atomic E-state index is 12.0. The van der Waals surface area contributed by atoms with Crippen LogP contribution in [0.2, 0.25) is 0 Å². The number of carbonyl (C=O) groups is 2. The second-order valence-corrected chi connectivity index (χ2v) is 5.60. The number of unbranched alkanes of at least 4 members (excludes halogenated alkanes) is 1. The first kappa shape index (κ1) is 17.7. The smallest absolute Gasteiger partial charge is 0.407 e. The summed E-state index contributed by atoms with van der Waals surface area (Å²) in [4.78, 5) is 23.5. The van der Waals surface area contributed by atoms with Gasteiger partial charge in [0.1, 0.15) is 6.04 Å². The number of alkyl carbamates (subject to hydrolysis) is 1. The van der Waals surface area contributed by atoms with Crippen LogP contribution in [0.15, 0.2) is 0 Å². The number of nitrogens with one attached hydrogen (secondary N) is 1. The molecule has 5 heteroatoms. The number of esters is 1. The molecule has 0 spiro atoms. The van der Waals surface area contributed by atoms with Gasteiger partial charge in [-0.1, -0.05) is 41.0 Å². The van der Waals surface area contributed by atoms with E-state index in [1.807, 2.05) is 34.6 Å². The van der Waals surface area contributed by atoms with Crippen LogP contribution in [0, 0.1) is 5.41 Å². The Morgan fingerprint density at radius 1 is 1.05 bits per heavy atom. The van der Waals surface area contributed by atoms with E-state index < -0.39 is 23.5 Å². The van der Waals surface area contributed by atoms with Crippen molar-refractivity contribution in [3.63, 3.8) is 0 Å². The Hall–Kier alpha value is -1.26. The third-order valence-corrected chi connectivity index (χ3v) is 2.54. The van der Waals surface area contributed by atoms with Crippen LogP contribution >= 0.6 is 0 Å². The van der Waals surface area contributed by atoms with Gasteiger partial charge in [0, 0.05) is 0 Å². The first-order valence-electron chi connectivity index (χ1n) is 6.92. The molecule has 19 heavy (non-hydrogen) atoms. The van der Waals surface area contributed by atoms with Crippen LogP contribution in [0.5, 0.6) is 0 Å². The highest BCUT2D eigenvalue weighted by Gasteiger charge is 2.34. The van der Waals surface area contributed by atoms with Gasteiger partial charge in [0.25, 0.3) is 0 Å². The van der Waals surface area contributed by atoms with Crippen LogP contribution in [0.25, 0.3) is 0 Å². The molecule has 0 rings (SSSR count). The SMILES string of the molecule is CCCCOC(=O)C(NC(=O)OCCC)C(C)(C)C. The van der Waals surface area contributed by atoms with E-state index >= 15 is 0 Å². The zero-order valence-electron chi connectivity index (χ0n) is 12.7. The van der Waals surface area contributed by atoms with Crippen molar-refractivity contribution in [3.8, 4) is 0 Å². The number of amides is 1. The minimum atomic E-state index is -0.700. The van der Waals surface area contributed by atoms with E-state index in [-0.39, 0.29) is 0 Å². The lowest BCUT2D eigenvalue weighted by atomic mass is 9.87. The fraction of sp³-hybridized carbons (Fsp3) is 0.857. The summed E-state index contributed by atoms with van der Waals surface area (Å²) in [7, 11) is 0. The molecular formula is C14H27NO4. The lowest BCUT2D eigenvalue weighted by Gasteiger charge is -2.29. The average molecular weight is 273 g/mol. The predicted molar refractivity (Wildman–Crippen MR) is 73.9 cm³/mol. The monoisotopic (exact) mass is 273 g/mol. The van der Waals surface area contributed by atoms with E-state index in [1.165, 1.54) is 0 Å². The molecule has 0 aromatic carbocycles. The molecule has 5 nitrogen and oxygen atoms in total. The van der Waals surface area contributed by atoms with Gasteiger partial charge in [-0.25, -0.2) is 9.59 Å². The molecule has 1 unspecified atom stereocenters. The summed E-state index contributed by atoms with van der Waals surface area (Å²) in [5.74, 6) is -0.408. The minimum Gasteiger partial charge on any atom is -0.464 e. The average Bonchev–Trinajstić information content (AvgIpc) is 2.32. The molecule has 0 bridgehead atoms. The molecule has 0 saturated heterocycles. The second-order valence-electron chi connectivity index (χ2n) is 5.60. The molecule has 0 fully saturated rings. The number of rotatable bonds is 7. The largest absolute Gasteiger partial charge is 0.464 e. The zero-order valence-corrected chi connectivity index (χ0v) is 12.7. The molecule has 1 atom stereocenters. The third kappa shape index (κ3) is 7.70. The van der Waals surface area contributed by atoms with E-state index in [4.69, 9.17) is 9.47 Å². The Kier molecular flexibility index (Phi) is 8.19. The summed E-state index contributed by atoms with van der Waals surface area (Å²) in [6, 6.07) is -0.700. The molecule has 0 aliphatic heterocycles. The summed E-state index contributed by atoms with van der Waals surface area (Å²) in [6.07, 6.45) is 1.95. The van der Waals surface area contributed by atoms with Gasteiger partial charge >= 0.3 is 12.1 Å². The van der Waals surface area contributed by atoms with Crippen molar-refractivity contribution >= 4 is 12.1 Å². The van der Waals surface area contributed by atoms with Gasteiger partial charge in [-0.15, -0.1) is 0 Å². The molecule has 1 amide bonds. The van der Waals surface area contributed by atoms with E-state index in [2.05, 4.69) is 5.32 Å². The maximum Gasteiger partial charge on any atom is 0.407 e. The lowest BCUT2D eigenvalue weighted by molar-refractivity contribution is -0.149. The summed E-state index contributed by atoms with van der Waals surface area (Å²) in [6.45, 7) is 10.3. The Morgan fingerprint density at radius 3 is 2.16 bits per heavy atom. The van der Waals surface area contributed by atoms with Crippen LogP contribution in [0.4, 0.5) is 4.79 Å². The fourth-order valence-electron chi connectivity index (χ4n) is 1.38. The molecular weight excluding hydrogens is 246 g/mol. The van der Waals surface area contributed by atoms with Crippen molar-refractivity contribution in [3.05, 3.63) is 0 Å². The quantitative estimate of drug-likeness (QED) is 0.572. The van der Waals surface area contributed by atoms with Gasteiger partial charge in [0.05, 0.1) is 13.2 Å². The van der Waals surface area contributed by atoms with Gasteiger partial charge in [0.15, 0.2) is 0 Å². The molecule has 0 aliphatic rings. The van der Waals surface area contributed by atoms with E-state index in [9.17, 15) is 9.59 Å². The lowest BCUT2D eigenvalue weighted by Crippen LogP contribution is -2.50. The van der Waals surface area contributed by atoms with Crippen molar-refractivity contribution in [2.24, 2.45) is 5.41 Å². The second kappa shape index (κ2) is 8.77. The summed E-state index contributed by atoms with van der Waals surface area (Å²) < 4.78 is 10.1. The van der Waals surface area contributed by atoms with E-state index in [1.54, 1.807) is 0 Å². The standard InChI is InChI=1S/C14H27NO4/c1-6-8-10-18-12(16)11(14(3,4)5)15-13(17)19-9-7-2/h11H,6-10H2,1-5H3,(H,15,17). The van der Waals surface area contributed by atoms with Crippen molar-refractivity contribution in [1.29, 1.82) is 0 Å². The zero-order chi connectivity index (χ0) is 14.9. The first-order valence-corrected chi connectivity index (χ1v) is 6.92. The highest BCUT2D eigenvalue weighted by molar-refractivity contribution is 5.82. The van der Waals surface area contributed by atoms with Crippen LogP contribution in [-0.4, -0.2) is 31.3 Å². The topological polar surface area (TPSA) is 64.6 Å². The Labute approximate surface area is 116 Å². The van der Waals surface area contributed by atoms with Gasteiger partial charge in [-0.3, -0.25) is 0 Å². The van der Waals surface area contributed by atoms with Gasteiger partial charge in [0.2, 0.25) is 0 Å². The first-order chi connectivity index (χ1) is 8.82. The van der Waals surface area contributed by atoms with Gasteiger partial charge < -0.3 is 14.8 Å². The van der Waals surface area contributed by atoms with Crippen molar-refractivity contribution in [2.45, 2.75) is 59.9 Å². The molecule has 0 aromatic rings. The maximum absolute atomic E-state index is 12.0. The number of carbonyl (C=O) groups excluding carboxylic acids is 2. The summed E-state index contributed by atoms with van der Waals surface area (Å²) in [5, 5.41) is 2.58. The molecule has 0 aliphatic carbocycles. The molecule has 0 aromatic heterocycles. The normalized spacial score (nSPS) is 12.7. The Balaban J connectivity index is 4.47. The molecule has 0 radical (unpaired) electrons. The van der Waals surface area contributed by atoms with Crippen molar-refractivity contribution < 1.29 is 19.1 Å². The fourth-order valence-corrected chi connectivity index (χ4v) is 1.38. The number of ether oxygens (including phenoxy) is 2. The Morgan fingerprint density at radius 2 is 1.68 bits per heavy atom. The molecule has 1 N–H and O–H groups in total. The van der Waals surface area contributed by atoms with Crippen LogP contribution < -0.4 is 5.32 Å². The van der Waals surface area contributed by atoms with Gasteiger partial charge in [-0.2, -0.15) is 0 Å². The van der Waals surface area contributed by atoms with Crippen molar-refractivity contribution in [2.75, 3.05) is 13.2 Å². The van der Waals surface area contributed by atoms with Crippen LogP contribution in [0.3, 0.4) is 0 Å². The highest BCUT2D eigenvalue weighted by atomic mass is 16.6. The molecule has 0 heterocycles. The number of hydrogen-bond acceptors (Lipinski definition) is 4. The van der Waals surface area contributed by atoms with Crippen LogP contribution in [-0.2, 0) is 14.3 Å². The summed E-state index contributed by atoms with van der Waals surface area (Å²) in [5.41, 5.74) is -0.422. The van der Waals surface area contributed by atoms with Crippen molar-refractivity contribution in [1.82, 2.24) is 5.32 Å². The molecule has 112 valence electrons.